The van der Waals surface area contributed by atoms with E-state index in [1.54, 1.807) is 38.1 Å². The number of esters is 1. The monoisotopic (exact) mass is 453 g/mol. The van der Waals surface area contributed by atoms with Gasteiger partial charge in [0.25, 0.3) is 0 Å². The minimum atomic E-state index is -0.980. The predicted octanol–water partition coefficient (Wildman–Crippen LogP) is 4.22. The van der Waals surface area contributed by atoms with Crippen LogP contribution in [0.5, 0.6) is 0 Å². The quantitative estimate of drug-likeness (QED) is 0.381. The lowest BCUT2D eigenvalue weighted by Crippen LogP contribution is -2.24. The van der Waals surface area contributed by atoms with Crippen LogP contribution in [0, 0.1) is 11.7 Å². The van der Waals surface area contributed by atoms with Gasteiger partial charge in [0.1, 0.15) is 5.82 Å². The van der Waals surface area contributed by atoms with Crippen molar-refractivity contribution in [1.82, 2.24) is 10.1 Å². The molecule has 1 unspecified atom stereocenters. The van der Waals surface area contributed by atoms with Gasteiger partial charge < -0.3 is 14.6 Å². The number of hydrogen-bond donors (Lipinski definition) is 1. The fourth-order valence-corrected chi connectivity index (χ4v) is 2.83. The fourth-order valence-electron chi connectivity index (χ4n) is 2.83. The maximum absolute atomic E-state index is 13.0. The van der Waals surface area contributed by atoms with E-state index in [1.165, 1.54) is 31.2 Å². The molecule has 3 rings (SSSR count). The van der Waals surface area contributed by atoms with Crippen molar-refractivity contribution in [3.05, 3.63) is 65.8 Å². The summed E-state index contributed by atoms with van der Waals surface area (Å²) in [5.74, 6) is -1.09. The van der Waals surface area contributed by atoms with Gasteiger partial charge >= 0.3 is 5.97 Å². The molecule has 8 nitrogen and oxygen atoms in total. The molecule has 1 amide bonds. The van der Waals surface area contributed by atoms with E-state index in [9.17, 15) is 18.8 Å². The molecule has 3 aromatic rings. The molecule has 0 saturated heterocycles. The second-order valence-electron chi connectivity index (χ2n) is 7.74. The van der Waals surface area contributed by atoms with E-state index in [-0.39, 0.29) is 48.0 Å². The largest absolute Gasteiger partial charge is 0.454 e. The number of carbonyl (C=O) groups is 3. The van der Waals surface area contributed by atoms with E-state index >= 15 is 0 Å². The molecular formula is C24H24FN3O5. The van der Waals surface area contributed by atoms with Gasteiger partial charge in [-0.2, -0.15) is 4.98 Å². The lowest BCUT2D eigenvalue weighted by atomic mass is 10.1. The number of ether oxygens (including phenoxy) is 1. The van der Waals surface area contributed by atoms with Crippen LogP contribution in [-0.4, -0.2) is 33.9 Å². The third-order valence-electron chi connectivity index (χ3n) is 4.75. The van der Waals surface area contributed by atoms with Gasteiger partial charge in [0, 0.05) is 29.2 Å². The molecule has 0 fully saturated rings. The van der Waals surface area contributed by atoms with Crippen molar-refractivity contribution in [3.63, 3.8) is 0 Å². The first kappa shape index (κ1) is 23.8. The predicted molar refractivity (Wildman–Crippen MR) is 118 cm³/mol. The van der Waals surface area contributed by atoms with E-state index < -0.39 is 12.1 Å². The molecule has 2 aromatic carbocycles. The van der Waals surface area contributed by atoms with Gasteiger partial charge in [-0.3, -0.25) is 14.4 Å². The van der Waals surface area contributed by atoms with Crippen molar-refractivity contribution in [2.45, 2.75) is 39.7 Å². The standard InChI is InChI=1S/C24H24FN3O5/c1-14(2)24(31)26-19-10-6-16(7-11-19)22(30)15(3)32-21(29)13-12-20-27-23(28-33-20)17-4-8-18(25)9-5-17/h4-11,14-15H,12-13H2,1-3H3,(H,26,31). The molecule has 0 aliphatic carbocycles. The van der Waals surface area contributed by atoms with E-state index in [4.69, 9.17) is 9.26 Å². The molecule has 0 spiro atoms. The number of carbonyl (C=O) groups excluding carboxylic acids is 3. The molecule has 1 N–H and O–H groups in total. The number of nitrogens with one attached hydrogen (secondary N) is 1. The Kier molecular flexibility index (Phi) is 7.66. The number of Topliss-reactive ketones (excluding diaryl/α,β-unsaturated/α-hetero) is 1. The summed E-state index contributed by atoms with van der Waals surface area (Å²) in [5.41, 5.74) is 1.52. The minimum Gasteiger partial charge on any atom is -0.454 e. The summed E-state index contributed by atoms with van der Waals surface area (Å²) in [6, 6.07) is 12.0. The van der Waals surface area contributed by atoms with Gasteiger partial charge in [0.05, 0.1) is 6.42 Å². The Labute approximate surface area is 190 Å². The van der Waals surface area contributed by atoms with Crippen molar-refractivity contribution >= 4 is 23.3 Å². The Morgan fingerprint density at radius 1 is 1.03 bits per heavy atom. The highest BCUT2D eigenvalue weighted by Gasteiger charge is 2.20. The van der Waals surface area contributed by atoms with E-state index in [0.717, 1.165) is 0 Å². The van der Waals surface area contributed by atoms with Gasteiger partial charge in [0.15, 0.2) is 6.10 Å². The second-order valence-corrected chi connectivity index (χ2v) is 7.74. The average Bonchev–Trinajstić information content (AvgIpc) is 3.27. The fraction of sp³-hybridized carbons (Fsp3) is 0.292. The van der Waals surface area contributed by atoms with Crippen molar-refractivity contribution in [3.8, 4) is 11.4 Å². The number of anilines is 1. The minimum absolute atomic E-state index is 0.0527. The van der Waals surface area contributed by atoms with Crippen LogP contribution in [0.25, 0.3) is 11.4 Å². The number of hydrogen-bond acceptors (Lipinski definition) is 7. The van der Waals surface area contributed by atoms with E-state index in [1.807, 2.05) is 0 Å². The summed E-state index contributed by atoms with van der Waals surface area (Å²) >= 11 is 0. The highest BCUT2D eigenvalue weighted by molar-refractivity contribution is 6.01. The van der Waals surface area contributed by atoms with Gasteiger partial charge in [0.2, 0.25) is 23.4 Å². The van der Waals surface area contributed by atoms with Crippen LogP contribution in [0.3, 0.4) is 0 Å². The Hall–Kier alpha value is -3.88. The van der Waals surface area contributed by atoms with Crippen LogP contribution in [0.1, 0.15) is 43.4 Å². The first-order valence-corrected chi connectivity index (χ1v) is 10.5. The number of rotatable bonds is 9. The van der Waals surface area contributed by atoms with Crippen LogP contribution in [0.2, 0.25) is 0 Å². The molecule has 33 heavy (non-hydrogen) atoms. The van der Waals surface area contributed by atoms with Crippen molar-refractivity contribution in [2.75, 3.05) is 5.32 Å². The second kappa shape index (κ2) is 10.6. The first-order chi connectivity index (χ1) is 15.7. The zero-order valence-corrected chi connectivity index (χ0v) is 18.5. The summed E-state index contributed by atoms with van der Waals surface area (Å²) in [7, 11) is 0. The maximum Gasteiger partial charge on any atom is 0.307 e. The molecule has 0 aliphatic rings. The number of aromatic nitrogens is 2. The van der Waals surface area contributed by atoms with E-state index in [2.05, 4.69) is 15.5 Å². The first-order valence-electron chi connectivity index (χ1n) is 10.5. The van der Waals surface area contributed by atoms with Crippen LogP contribution in [0.4, 0.5) is 10.1 Å². The molecule has 172 valence electrons. The van der Waals surface area contributed by atoms with Crippen LogP contribution < -0.4 is 5.32 Å². The number of benzene rings is 2. The molecular weight excluding hydrogens is 429 g/mol. The Morgan fingerprint density at radius 3 is 2.33 bits per heavy atom. The SMILES string of the molecule is CC(C)C(=O)Nc1ccc(C(=O)C(C)OC(=O)CCc2nc(-c3ccc(F)cc3)no2)cc1. The van der Waals surface area contributed by atoms with Gasteiger partial charge in [-0.25, -0.2) is 4.39 Å². The normalized spacial score (nSPS) is 11.8. The van der Waals surface area contributed by atoms with Gasteiger partial charge in [-0.15, -0.1) is 0 Å². The van der Waals surface area contributed by atoms with Gasteiger partial charge in [-0.1, -0.05) is 19.0 Å². The zero-order chi connectivity index (χ0) is 24.0. The molecule has 0 radical (unpaired) electrons. The summed E-state index contributed by atoms with van der Waals surface area (Å²) < 4.78 is 23.4. The van der Waals surface area contributed by atoms with Crippen molar-refractivity contribution in [2.24, 2.45) is 5.92 Å². The average molecular weight is 453 g/mol. The number of halogens is 1. The number of nitrogens with zero attached hydrogens (tertiary/aromatic N) is 2. The van der Waals surface area contributed by atoms with Gasteiger partial charge in [-0.05, 0) is 55.5 Å². The topological polar surface area (TPSA) is 111 Å². The van der Waals surface area contributed by atoms with Crippen molar-refractivity contribution < 1.29 is 28.0 Å². The van der Waals surface area contributed by atoms with Crippen molar-refractivity contribution in [1.29, 1.82) is 0 Å². The molecule has 1 atom stereocenters. The van der Waals surface area contributed by atoms with Crippen LogP contribution >= 0.6 is 0 Å². The molecule has 1 aromatic heterocycles. The van der Waals surface area contributed by atoms with Crippen LogP contribution in [-0.2, 0) is 20.7 Å². The third-order valence-corrected chi connectivity index (χ3v) is 4.75. The zero-order valence-electron chi connectivity index (χ0n) is 18.5. The number of ketones is 1. The van der Waals surface area contributed by atoms with Crippen LogP contribution in [0.15, 0.2) is 53.1 Å². The molecule has 0 aliphatic heterocycles. The Bertz CT molecular complexity index is 1120. The number of aryl methyl sites for hydroxylation is 1. The molecule has 0 bridgehead atoms. The summed E-state index contributed by atoms with van der Waals surface area (Å²) in [4.78, 5) is 40.6. The molecule has 1 heterocycles. The highest BCUT2D eigenvalue weighted by Crippen LogP contribution is 2.17. The number of amides is 1. The lowest BCUT2D eigenvalue weighted by molar-refractivity contribution is -0.146. The smallest absolute Gasteiger partial charge is 0.307 e. The summed E-state index contributed by atoms with van der Waals surface area (Å²) in [6.45, 7) is 5.06. The summed E-state index contributed by atoms with van der Waals surface area (Å²) in [6.07, 6.45) is -0.896. The highest BCUT2D eigenvalue weighted by atomic mass is 19.1. The van der Waals surface area contributed by atoms with E-state index in [0.29, 0.717) is 16.8 Å². The molecule has 9 heteroatoms. The Balaban J connectivity index is 1.49. The maximum atomic E-state index is 13.0. The molecule has 0 saturated carbocycles. The third kappa shape index (κ3) is 6.55. The Morgan fingerprint density at radius 2 is 1.70 bits per heavy atom. The lowest BCUT2D eigenvalue weighted by Gasteiger charge is -2.13. The summed E-state index contributed by atoms with van der Waals surface area (Å²) in [5, 5.41) is 6.56.